The Morgan fingerprint density at radius 1 is 1.33 bits per heavy atom. The highest BCUT2D eigenvalue weighted by Gasteiger charge is 2.65. The second kappa shape index (κ2) is 2.23. The van der Waals surface area contributed by atoms with E-state index in [-0.39, 0.29) is 17.1 Å². The van der Waals surface area contributed by atoms with Crippen LogP contribution in [0.2, 0.25) is 0 Å². The Bertz CT molecular complexity index is 241. The van der Waals surface area contributed by atoms with Gasteiger partial charge in [-0.05, 0) is 18.3 Å². The second-order valence-electron chi connectivity index (χ2n) is 4.61. The van der Waals surface area contributed by atoms with Crippen LogP contribution in [0.4, 0.5) is 0 Å². The van der Waals surface area contributed by atoms with Gasteiger partial charge in [0.1, 0.15) is 5.60 Å². The van der Waals surface area contributed by atoms with Crippen molar-refractivity contribution in [2.24, 2.45) is 5.41 Å². The molecule has 1 aliphatic carbocycles. The van der Waals surface area contributed by atoms with Crippen LogP contribution < -0.4 is 0 Å². The fourth-order valence-corrected chi connectivity index (χ4v) is 2.52. The second-order valence-corrected chi connectivity index (χ2v) is 4.61. The van der Waals surface area contributed by atoms with Crippen LogP contribution in [0.15, 0.2) is 0 Å². The van der Waals surface area contributed by atoms with Gasteiger partial charge in [-0.3, -0.25) is 0 Å². The van der Waals surface area contributed by atoms with E-state index in [4.69, 9.17) is 10.00 Å². The minimum Gasteiger partial charge on any atom is -0.349 e. The molecule has 2 unspecified atom stereocenters. The summed E-state index contributed by atoms with van der Waals surface area (Å²) in [5, 5.41) is 8.78. The summed E-state index contributed by atoms with van der Waals surface area (Å²) in [6.07, 6.45) is 4.68. The van der Waals surface area contributed by atoms with Crippen molar-refractivity contribution in [1.29, 1.82) is 5.26 Å². The summed E-state index contributed by atoms with van der Waals surface area (Å²) in [4.78, 5) is 0. The molecule has 1 saturated carbocycles. The molecular weight excluding hydrogens is 150 g/mol. The van der Waals surface area contributed by atoms with E-state index < -0.39 is 0 Å². The van der Waals surface area contributed by atoms with Gasteiger partial charge in [0, 0.05) is 0 Å². The van der Waals surface area contributed by atoms with Gasteiger partial charge in [-0.15, -0.1) is 0 Å². The molecule has 1 saturated heterocycles. The van der Waals surface area contributed by atoms with E-state index in [2.05, 4.69) is 19.9 Å². The average Bonchev–Trinajstić information content (AvgIpc) is 2.72. The fraction of sp³-hybridized carbons (Fsp3) is 0.900. The lowest BCUT2D eigenvalue weighted by atomic mass is 9.67. The summed E-state index contributed by atoms with van der Waals surface area (Å²) in [7, 11) is 0. The third kappa shape index (κ3) is 0.834. The number of hydrogen-bond donors (Lipinski definition) is 0. The number of nitriles is 1. The zero-order chi connectivity index (χ0) is 8.82. The van der Waals surface area contributed by atoms with Gasteiger partial charge in [0.25, 0.3) is 0 Å². The zero-order valence-corrected chi connectivity index (χ0v) is 7.76. The van der Waals surface area contributed by atoms with Gasteiger partial charge in [-0.2, -0.15) is 5.26 Å². The maximum Gasteiger partial charge on any atom is 0.174 e. The number of rotatable bonds is 0. The van der Waals surface area contributed by atoms with E-state index in [9.17, 15) is 0 Å². The Kier molecular flexibility index (Phi) is 1.50. The smallest absolute Gasteiger partial charge is 0.174 e. The van der Waals surface area contributed by atoms with Gasteiger partial charge in [0.15, 0.2) is 6.10 Å². The summed E-state index contributed by atoms with van der Waals surface area (Å²) < 4.78 is 5.55. The van der Waals surface area contributed by atoms with Crippen LogP contribution >= 0.6 is 0 Å². The minimum absolute atomic E-state index is 0.0694. The highest BCUT2D eigenvalue weighted by Crippen LogP contribution is 2.58. The van der Waals surface area contributed by atoms with Crippen molar-refractivity contribution in [2.45, 2.75) is 51.2 Å². The molecule has 0 N–H and O–H groups in total. The first-order chi connectivity index (χ1) is 5.62. The molecule has 2 aliphatic rings. The largest absolute Gasteiger partial charge is 0.349 e. The topological polar surface area (TPSA) is 36.3 Å². The molecule has 0 radical (unpaired) electrons. The van der Waals surface area contributed by atoms with Crippen molar-refractivity contribution < 1.29 is 4.74 Å². The van der Waals surface area contributed by atoms with Gasteiger partial charge in [0.2, 0.25) is 0 Å². The maximum absolute atomic E-state index is 8.78. The third-order valence-corrected chi connectivity index (χ3v) is 3.56. The molecule has 1 aliphatic heterocycles. The summed E-state index contributed by atoms with van der Waals surface area (Å²) in [5.41, 5.74) is 0.144. The Morgan fingerprint density at radius 3 is 2.50 bits per heavy atom. The monoisotopic (exact) mass is 165 g/mol. The molecule has 2 atom stereocenters. The van der Waals surface area contributed by atoms with Gasteiger partial charge >= 0.3 is 0 Å². The van der Waals surface area contributed by atoms with Crippen LogP contribution in [0.3, 0.4) is 0 Å². The summed E-state index contributed by atoms with van der Waals surface area (Å²) in [6, 6.07) is 2.23. The van der Waals surface area contributed by atoms with E-state index in [1.165, 1.54) is 19.3 Å². The molecule has 0 aromatic carbocycles. The first kappa shape index (κ1) is 8.07. The lowest BCUT2D eigenvalue weighted by molar-refractivity contribution is 0.0851. The van der Waals surface area contributed by atoms with Crippen LogP contribution in [0.25, 0.3) is 0 Å². The standard InChI is InChI=1S/C10H15NO/c1-9(2)5-3-4-6-10(9)8(7-11)12-10/h8H,3-6H2,1-2H3. The lowest BCUT2D eigenvalue weighted by Gasteiger charge is -2.36. The third-order valence-electron chi connectivity index (χ3n) is 3.56. The summed E-state index contributed by atoms with van der Waals surface area (Å²) in [6.45, 7) is 4.45. The molecule has 66 valence electrons. The maximum atomic E-state index is 8.78. The highest BCUT2D eigenvalue weighted by molar-refractivity contribution is 5.20. The molecule has 1 heterocycles. The van der Waals surface area contributed by atoms with E-state index >= 15 is 0 Å². The SMILES string of the molecule is CC1(C)CCCCC12OC2C#N. The summed E-state index contributed by atoms with van der Waals surface area (Å²) >= 11 is 0. The molecule has 2 nitrogen and oxygen atoms in total. The predicted octanol–water partition coefficient (Wildman–Crippen LogP) is 2.25. The van der Waals surface area contributed by atoms with E-state index in [1.807, 2.05) is 0 Å². The Morgan fingerprint density at radius 2 is 2.00 bits per heavy atom. The molecule has 12 heavy (non-hydrogen) atoms. The molecule has 0 aromatic rings. The first-order valence-corrected chi connectivity index (χ1v) is 4.70. The van der Waals surface area contributed by atoms with Crippen molar-refractivity contribution in [1.82, 2.24) is 0 Å². The van der Waals surface area contributed by atoms with Gasteiger partial charge in [0.05, 0.1) is 6.07 Å². The van der Waals surface area contributed by atoms with Crippen LogP contribution in [0.1, 0.15) is 39.5 Å². The number of epoxide rings is 1. The Labute approximate surface area is 73.5 Å². The molecule has 2 rings (SSSR count). The van der Waals surface area contributed by atoms with Gasteiger partial charge in [-0.25, -0.2) is 0 Å². The van der Waals surface area contributed by atoms with E-state index in [1.54, 1.807) is 0 Å². The van der Waals surface area contributed by atoms with Crippen LogP contribution in [-0.2, 0) is 4.74 Å². The normalized spacial score (nSPS) is 43.9. The molecule has 2 fully saturated rings. The van der Waals surface area contributed by atoms with Crippen molar-refractivity contribution in [3.8, 4) is 6.07 Å². The number of ether oxygens (including phenoxy) is 1. The van der Waals surface area contributed by atoms with Crippen LogP contribution in [0, 0.1) is 16.7 Å². The Balaban J connectivity index is 2.20. The first-order valence-electron chi connectivity index (χ1n) is 4.70. The van der Waals surface area contributed by atoms with Crippen molar-refractivity contribution in [2.75, 3.05) is 0 Å². The molecular formula is C10H15NO. The van der Waals surface area contributed by atoms with Gasteiger partial charge in [-0.1, -0.05) is 26.7 Å². The fourth-order valence-electron chi connectivity index (χ4n) is 2.52. The number of nitrogens with zero attached hydrogens (tertiary/aromatic N) is 1. The number of hydrogen-bond acceptors (Lipinski definition) is 2. The van der Waals surface area contributed by atoms with Crippen molar-refractivity contribution >= 4 is 0 Å². The quantitative estimate of drug-likeness (QED) is 0.516. The summed E-state index contributed by atoms with van der Waals surface area (Å²) in [5.74, 6) is 0. The minimum atomic E-state index is -0.118. The molecule has 0 aromatic heterocycles. The lowest BCUT2D eigenvalue weighted by Crippen LogP contribution is -2.38. The zero-order valence-electron chi connectivity index (χ0n) is 7.76. The molecule has 0 bridgehead atoms. The molecule has 1 spiro atoms. The average molecular weight is 165 g/mol. The molecule has 0 amide bonds. The van der Waals surface area contributed by atoms with E-state index in [0.717, 1.165) is 6.42 Å². The van der Waals surface area contributed by atoms with E-state index in [0.29, 0.717) is 0 Å². The van der Waals surface area contributed by atoms with Gasteiger partial charge < -0.3 is 4.74 Å². The van der Waals surface area contributed by atoms with Crippen molar-refractivity contribution in [3.63, 3.8) is 0 Å². The van der Waals surface area contributed by atoms with Crippen molar-refractivity contribution in [3.05, 3.63) is 0 Å². The highest BCUT2D eigenvalue weighted by atomic mass is 16.6. The Hall–Kier alpha value is -0.550. The predicted molar refractivity (Wildman–Crippen MR) is 45.5 cm³/mol. The van der Waals surface area contributed by atoms with Crippen LogP contribution in [-0.4, -0.2) is 11.7 Å². The van der Waals surface area contributed by atoms with Crippen LogP contribution in [0.5, 0.6) is 0 Å². The molecule has 2 heteroatoms.